The van der Waals surface area contributed by atoms with Gasteiger partial charge in [-0.3, -0.25) is 24.6 Å². The largest absolute Gasteiger partial charge is 0.508 e. The first-order valence-electron chi connectivity index (χ1n) is 17.8. The van der Waals surface area contributed by atoms with E-state index in [1.165, 1.54) is 5.56 Å². The molecule has 1 aromatic heterocycles. The predicted octanol–water partition coefficient (Wildman–Crippen LogP) is 6.73. The second kappa shape index (κ2) is 14.3. The van der Waals surface area contributed by atoms with E-state index in [-0.39, 0.29) is 29.9 Å². The zero-order valence-electron chi connectivity index (χ0n) is 29.0. The first kappa shape index (κ1) is 33.7. The lowest BCUT2D eigenvalue weighted by atomic mass is 10.0. The number of nitrogens with one attached hydrogen (secondary N) is 1. The van der Waals surface area contributed by atoms with Gasteiger partial charge >= 0.3 is 0 Å². The van der Waals surface area contributed by atoms with Crippen LogP contribution in [0.4, 0.5) is 5.69 Å². The maximum Gasteiger partial charge on any atom is 0.255 e. The molecule has 0 saturated carbocycles. The number of phenols is 1. The van der Waals surface area contributed by atoms with E-state index in [9.17, 15) is 19.5 Å². The molecule has 1 unspecified atom stereocenters. The van der Waals surface area contributed by atoms with Gasteiger partial charge in [0.05, 0.1) is 11.5 Å². The Bertz CT molecular complexity index is 2140. The summed E-state index contributed by atoms with van der Waals surface area (Å²) in [6.07, 6.45) is 1.52. The molecule has 3 amide bonds. The number of aryl methyl sites for hydroxylation is 1. The number of amides is 3. The maximum absolute atomic E-state index is 13.1. The monoisotopic (exact) mass is 716 g/mol. The molecule has 11 heteroatoms. The fraction of sp³-hybridized carbons (Fsp3) is 0.293. The van der Waals surface area contributed by atoms with Gasteiger partial charge in [0.25, 0.3) is 5.91 Å². The molecule has 0 radical (unpaired) electrons. The molecule has 1 atom stereocenters. The first-order valence-corrected chi connectivity index (χ1v) is 18.6. The minimum Gasteiger partial charge on any atom is -0.508 e. The summed E-state index contributed by atoms with van der Waals surface area (Å²) in [5, 5.41) is 13.4. The van der Waals surface area contributed by atoms with Gasteiger partial charge in [-0.15, -0.1) is 11.3 Å². The molecular formula is C41H40N4O6S. The molecule has 2 saturated heterocycles. The van der Waals surface area contributed by atoms with Crippen LogP contribution in [0.15, 0.2) is 84.9 Å². The van der Waals surface area contributed by atoms with Crippen molar-refractivity contribution in [3.05, 3.63) is 102 Å². The van der Waals surface area contributed by atoms with Gasteiger partial charge in [0.2, 0.25) is 11.8 Å². The Morgan fingerprint density at radius 2 is 1.65 bits per heavy atom. The van der Waals surface area contributed by atoms with Crippen LogP contribution in [0.3, 0.4) is 0 Å². The van der Waals surface area contributed by atoms with E-state index >= 15 is 0 Å². The highest BCUT2D eigenvalue weighted by Crippen LogP contribution is 2.47. The molecule has 2 N–H and O–H groups in total. The zero-order valence-corrected chi connectivity index (χ0v) is 29.8. The Labute approximate surface area is 306 Å². The van der Waals surface area contributed by atoms with E-state index in [0.29, 0.717) is 30.9 Å². The Balaban J connectivity index is 0.811. The maximum atomic E-state index is 13.1. The number of thiophene rings is 1. The average molecular weight is 717 g/mol. The third kappa shape index (κ3) is 6.93. The number of piperazine rings is 1. The second-order valence-electron chi connectivity index (χ2n) is 13.7. The number of hydrogen-bond donors (Lipinski definition) is 2. The summed E-state index contributed by atoms with van der Waals surface area (Å²) in [5.74, 6) is 1.71. The first-order chi connectivity index (χ1) is 25.3. The fourth-order valence-corrected chi connectivity index (χ4v) is 8.41. The van der Waals surface area contributed by atoms with Crippen molar-refractivity contribution < 1.29 is 29.0 Å². The number of piperidine rings is 1. The van der Waals surface area contributed by atoms with E-state index < -0.39 is 6.04 Å². The normalized spacial score (nSPS) is 17.8. The Morgan fingerprint density at radius 1 is 0.885 bits per heavy atom. The van der Waals surface area contributed by atoms with E-state index in [1.54, 1.807) is 28.4 Å². The molecule has 4 aromatic carbocycles. The minimum atomic E-state index is -0.602. The topological polar surface area (TPSA) is 112 Å². The van der Waals surface area contributed by atoms with Crippen molar-refractivity contribution in [1.29, 1.82) is 0 Å². The number of ether oxygens (including phenoxy) is 2. The van der Waals surface area contributed by atoms with Crippen molar-refractivity contribution in [3.63, 3.8) is 0 Å². The van der Waals surface area contributed by atoms with Crippen LogP contribution in [0.5, 0.6) is 23.0 Å². The molecule has 266 valence electrons. The Hall–Kier alpha value is -5.39. The van der Waals surface area contributed by atoms with Gasteiger partial charge < -0.3 is 24.4 Å². The number of nitrogens with zero attached hydrogens (tertiary/aromatic N) is 3. The SMILES string of the molecule is Cc1ccc(-c2sc3cc(O)ccc3c2Oc2ccc(OCCCN3CCN(c4ccc5c(c4)CN(C4CCC(=O)NC4=O)C5=O)CC3)cc2)cc1. The Kier molecular flexibility index (Phi) is 9.29. The highest BCUT2D eigenvalue weighted by molar-refractivity contribution is 7.22. The van der Waals surface area contributed by atoms with Crippen LogP contribution in [-0.4, -0.2) is 78.0 Å². The quantitative estimate of drug-likeness (QED) is 0.121. The number of carbonyl (C=O) groups is 3. The van der Waals surface area contributed by atoms with Crippen LogP contribution >= 0.6 is 11.3 Å². The summed E-state index contributed by atoms with van der Waals surface area (Å²) < 4.78 is 13.5. The summed E-state index contributed by atoms with van der Waals surface area (Å²) in [6, 6.07) is 26.9. The van der Waals surface area contributed by atoms with Gasteiger partial charge in [0.15, 0.2) is 5.75 Å². The summed E-state index contributed by atoms with van der Waals surface area (Å²) in [5.41, 5.74) is 4.92. The third-order valence-electron chi connectivity index (χ3n) is 10.1. The lowest BCUT2D eigenvalue weighted by Gasteiger charge is -2.36. The molecule has 0 spiro atoms. The van der Waals surface area contributed by atoms with Crippen LogP contribution in [0, 0.1) is 6.92 Å². The smallest absolute Gasteiger partial charge is 0.255 e. The minimum absolute atomic E-state index is 0.144. The van der Waals surface area contributed by atoms with Crippen molar-refractivity contribution in [1.82, 2.24) is 15.1 Å². The van der Waals surface area contributed by atoms with E-state index in [1.807, 2.05) is 42.5 Å². The number of imide groups is 1. The predicted molar refractivity (Wildman–Crippen MR) is 201 cm³/mol. The molecule has 4 heterocycles. The van der Waals surface area contributed by atoms with E-state index in [4.69, 9.17) is 9.47 Å². The van der Waals surface area contributed by atoms with Crippen molar-refractivity contribution in [3.8, 4) is 33.4 Å². The van der Waals surface area contributed by atoms with Crippen LogP contribution in [0.2, 0.25) is 0 Å². The van der Waals surface area contributed by atoms with E-state index in [0.717, 1.165) is 82.4 Å². The van der Waals surface area contributed by atoms with Crippen molar-refractivity contribution in [2.24, 2.45) is 0 Å². The Morgan fingerprint density at radius 3 is 2.42 bits per heavy atom. The van der Waals surface area contributed by atoms with Crippen molar-refractivity contribution >= 4 is 44.8 Å². The van der Waals surface area contributed by atoms with Crippen LogP contribution in [0.25, 0.3) is 20.5 Å². The summed E-state index contributed by atoms with van der Waals surface area (Å²) >= 11 is 1.60. The van der Waals surface area contributed by atoms with Crippen molar-refractivity contribution in [2.75, 3.05) is 44.2 Å². The summed E-state index contributed by atoms with van der Waals surface area (Å²) in [6.45, 7) is 7.65. The number of hydrogen-bond acceptors (Lipinski definition) is 9. The number of carbonyl (C=O) groups excluding carboxylic acids is 3. The van der Waals surface area contributed by atoms with E-state index in [2.05, 4.69) is 52.4 Å². The molecule has 3 aliphatic heterocycles. The standard InChI is InChI=1S/C41H40N4O6S/c1-26-3-5-27(6-4-26)39-38(34-14-8-30(46)24-36(34)52-39)51-32-11-9-31(10-12-32)50-22-2-17-43-18-20-44(21-19-43)29-7-13-33-28(23-29)25-45(41(33)49)35-15-16-37(47)42-40(35)48/h3-14,23-24,35,46H,2,15-22,25H2,1H3,(H,42,47,48). The van der Waals surface area contributed by atoms with Crippen LogP contribution in [0.1, 0.15) is 40.7 Å². The summed E-state index contributed by atoms with van der Waals surface area (Å²) in [4.78, 5) is 44.5. The van der Waals surface area contributed by atoms with Gasteiger partial charge in [-0.05, 0) is 91.6 Å². The average Bonchev–Trinajstić information content (AvgIpc) is 3.67. The molecule has 0 bridgehead atoms. The van der Waals surface area contributed by atoms with Crippen LogP contribution < -0.4 is 19.7 Å². The van der Waals surface area contributed by atoms with Gasteiger partial charge in [-0.1, -0.05) is 29.8 Å². The number of anilines is 1. The lowest BCUT2D eigenvalue weighted by molar-refractivity contribution is -0.136. The zero-order chi connectivity index (χ0) is 35.8. The molecule has 0 aliphatic carbocycles. The number of benzene rings is 4. The van der Waals surface area contributed by atoms with Gasteiger partial charge in [0, 0.05) is 67.0 Å². The summed E-state index contributed by atoms with van der Waals surface area (Å²) in [7, 11) is 0. The molecule has 8 rings (SSSR count). The molecule has 5 aromatic rings. The number of rotatable bonds is 10. The van der Waals surface area contributed by atoms with Crippen LogP contribution in [-0.2, 0) is 16.1 Å². The highest BCUT2D eigenvalue weighted by atomic mass is 32.1. The number of aromatic hydroxyl groups is 1. The van der Waals surface area contributed by atoms with Crippen molar-refractivity contribution in [2.45, 2.75) is 38.8 Å². The lowest BCUT2D eigenvalue weighted by Crippen LogP contribution is -2.52. The molecule has 3 aliphatic rings. The third-order valence-corrected chi connectivity index (χ3v) is 11.3. The number of fused-ring (bicyclic) bond motifs is 2. The number of phenolic OH excluding ortho intramolecular Hbond substituents is 1. The molecule has 52 heavy (non-hydrogen) atoms. The van der Waals surface area contributed by atoms with Gasteiger partial charge in [0.1, 0.15) is 23.3 Å². The fourth-order valence-electron chi connectivity index (χ4n) is 7.25. The molecular weight excluding hydrogens is 677 g/mol. The van der Waals surface area contributed by atoms with Gasteiger partial charge in [-0.2, -0.15) is 0 Å². The van der Waals surface area contributed by atoms with Gasteiger partial charge in [-0.25, -0.2) is 0 Å². The highest BCUT2D eigenvalue weighted by Gasteiger charge is 2.39. The molecule has 2 fully saturated rings. The second-order valence-corrected chi connectivity index (χ2v) is 14.7. The molecule has 10 nitrogen and oxygen atoms in total.